The molecule has 24 heavy (non-hydrogen) atoms. The molecule has 1 amide bonds. The third-order valence-electron chi connectivity index (χ3n) is 3.30. The van der Waals surface area contributed by atoms with E-state index < -0.39 is 0 Å². The summed E-state index contributed by atoms with van der Waals surface area (Å²) in [6.07, 6.45) is 1.47. The fourth-order valence-electron chi connectivity index (χ4n) is 2.15. The van der Waals surface area contributed by atoms with Crippen LogP contribution in [0.5, 0.6) is 23.0 Å². The van der Waals surface area contributed by atoms with Gasteiger partial charge in [-0.05, 0) is 48.9 Å². The number of nitrogens with zero attached hydrogens (tertiary/aromatic N) is 1. The Hall–Kier alpha value is -3.22. The summed E-state index contributed by atoms with van der Waals surface area (Å²) in [4.78, 5) is 12.1. The topological polar surface area (TPSA) is 89.4 Å². The van der Waals surface area contributed by atoms with E-state index in [1.54, 1.807) is 30.3 Å². The van der Waals surface area contributed by atoms with Crippen LogP contribution in [0.15, 0.2) is 41.5 Å². The van der Waals surface area contributed by atoms with E-state index in [1.165, 1.54) is 12.3 Å². The lowest BCUT2D eigenvalue weighted by molar-refractivity contribution is 0.0954. The predicted octanol–water partition coefficient (Wildman–Crippen LogP) is 2.28. The maximum Gasteiger partial charge on any atom is 0.271 e. The van der Waals surface area contributed by atoms with E-state index in [-0.39, 0.29) is 18.4 Å². The van der Waals surface area contributed by atoms with Crippen LogP contribution >= 0.6 is 0 Å². The number of phenolic OH excluding ortho intramolecular Hbond substituents is 1. The van der Waals surface area contributed by atoms with Crippen molar-refractivity contribution in [3.63, 3.8) is 0 Å². The zero-order chi connectivity index (χ0) is 16.9. The zero-order valence-corrected chi connectivity index (χ0v) is 13.0. The molecule has 124 valence electrons. The number of carbonyl (C=O) groups is 1. The lowest BCUT2D eigenvalue weighted by atomic mass is 10.2. The van der Waals surface area contributed by atoms with Gasteiger partial charge in [0.05, 0.1) is 12.8 Å². The Morgan fingerprint density at radius 3 is 2.96 bits per heavy atom. The van der Waals surface area contributed by atoms with Gasteiger partial charge in [-0.3, -0.25) is 4.79 Å². The molecule has 0 saturated heterocycles. The van der Waals surface area contributed by atoms with Crippen molar-refractivity contribution >= 4 is 12.1 Å². The Kier molecular flexibility index (Phi) is 4.51. The van der Waals surface area contributed by atoms with Gasteiger partial charge in [-0.25, -0.2) is 5.43 Å². The summed E-state index contributed by atoms with van der Waals surface area (Å²) in [5.74, 6) is 1.20. The van der Waals surface area contributed by atoms with Crippen molar-refractivity contribution in [2.24, 2.45) is 5.10 Å². The van der Waals surface area contributed by atoms with E-state index >= 15 is 0 Å². The molecule has 2 aromatic carbocycles. The molecule has 2 aromatic rings. The number of amides is 1. The van der Waals surface area contributed by atoms with Crippen LogP contribution in [0.3, 0.4) is 0 Å². The summed E-state index contributed by atoms with van der Waals surface area (Å²) in [7, 11) is 0. The van der Waals surface area contributed by atoms with Gasteiger partial charge in [0, 0.05) is 5.56 Å². The van der Waals surface area contributed by atoms with Crippen LogP contribution in [0.1, 0.15) is 22.8 Å². The molecule has 0 aliphatic carbocycles. The second-order valence-corrected chi connectivity index (χ2v) is 4.93. The molecular weight excluding hydrogens is 312 g/mol. The first-order valence-electron chi connectivity index (χ1n) is 7.36. The largest absolute Gasteiger partial charge is 0.504 e. The maximum absolute atomic E-state index is 12.1. The lowest BCUT2D eigenvalue weighted by Gasteiger charge is -2.06. The van der Waals surface area contributed by atoms with Crippen LogP contribution < -0.4 is 19.6 Å². The smallest absolute Gasteiger partial charge is 0.271 e. The third kappa shape index (κ3) is 3.40. The lowest BCUT2D eigenvalue weighted by Crippen LogP contribution is -2.17. The summed E-state index contributed by atoms with van der Waals surface area (Å²) in [5, 5.41) is 13.6. The molecule has 0 bridgehead atoms. The molecule has 0 spiro atoms. The number of carbonyl (C=O) groups excluding carboxylic acids is 1. The molecule has 0 unspecified atom stereocenters. The van der Waals surface area contributed by atoms with Crippen LogP contribution in [0.25, 0.3) is 0 Å². The van der Waals surface area contributed by atoms with Gasteiger partial charge in [0.15, 0.2) is 23.0 Å². The number of aromatic hydroxyl groups is 1. The SMILES string of the molecule is CCOc1cc(/C=N/NC(=O)c2ccc3c(c2)OCO3)ccc1O. The van der Waals surface area contributed by atoms with Gasteiger partial charge < -0.3 is 19.3 Å². The number of ether oxygens (including phenoxy) is 3. The van der Waals surface area contributed by atoms with Gasteiger partial charge in [-0.2, -0.15) is 5.10 Å². The Labute approximate surface area is 138 Å². The van der Waals surface area contributed by atoms with Crippen molar-refractivity contribution in [3.8, 4) is 23.0 Å². The van der Waals surface area contributed by atoms with E-state index in [2.05, 4.69) is 10.5 Å². The quantitative estimate of drug-likeness (QED) is 0.649. The monoisotopic (exact) mass is 328 g/mol. The number of hydrogen-bond acceptors (Lipinski definition) is 6. The number of hydrogen-bond donors (Lipinski definition) is 2. The molecule has 2 N–H and O–H groups in total. The number of fused-ring (bicyclic) bond motifs is 1. The van der Waals surface area contributed by atoms with E-state index in [0.717, 1.165) is 0 Å². The standard InChI is InChI=1S/C17H16N2O5/c1-2-22-15-7-11(3-5-13(15)20)9-18-19-17(21)12-4-6-14-16(8-12)24-10-23-14/h3-9,20H,2,10H2,1H3,(H,19,21)/b18-9+. The van der Waals surface area contributed by atoms with Gasteiger partial charge in [0.2, 0.25) is 6.79 Å². The minimum absolute atomic E-state index is 0.0541. The Balaban J connectivity index is 1.65. The van der Waals surface area contributed by atoms with Crippen LogP contribution in [0, 0.1) is 0 Å². The molecule has 0 aromatic heterocycles. The van der Waals surface area contributed by atoms with Crippen LogP contribution in [-0.4, -0.2) is 30.6 Å². The van der Waals surface area contributed by atoms with Gasteiger partial charge in [0.1, 0.15) is 0 Å². The first kappa shape index (κ1) is 15.7. The summed E-state index contributed by atoms with van der Waals surface area (Å²) in [5.41, 5.74) is 3.53. The van der Waals surface area contributed by atoms with Crippen molar-refractivity contribution < 1.29 is 24.1 Å². The van der Waals surface area contributed by atoms with Crippen molar-refractivity contribution in [2.75, 3.05) is 13.4 Å². The highest BCUT2D eigenvalue weighted by Crippen LogP contribution is 2.32. The van der Waals surface area contributed by atoms with Crippen molar-refractivity contribution in [1.82, 2.24) is 5.43 Å². The Bertz CT molecular complexity index is 789. The highest BCUT2D eigenvalue weighted by molar-refractivity contribution is 5.95. The van der Waals surface area contributed by atoms with E-state index in [4.69, 9.17) is 14.2 Å². The second-order valence-electron chi connectivity index (χ2n) is 4.93. The normalized spacial score (nSPS) is 12.4. The molecule has 3 rings (SSSR count). The molecule has 1 heterocycles. The molecule has 0 saturated carbocycles. The summed E-state index contributed by atoms with van der Waals surface area (Å²) in [6.45, 7) is 2.42. The van der Waals surface area contributed by atoms with Crippen LogP contribution in [0.4, 0.5) is 0 Å². The molecule has 0 radical (unpaired) electrons. The van der Waals surface area contributed by atoms with Gasteiger partial charge in [0.25, 0.3) is 5.91 Å². The summed E-state index contributed by atoms with van der Waals surface area (Å²) in [6, 6.07) is 9.71. The van der Waals surface area contributed by atoms with Gasteiger partial charge in [-0.15, -0.1) is 0 Å². The highest BCUT2D eigenvalue weighted by atomic mass is 16.7. The molecule has 1 aliphatic heterocycles. The third-order valence-corrected chi connectivity index (χ3v) is 3.30. The number of nitrogens with one attached hydrogen (secondary N) is 1. The van der Waals surface area contributed by atoms with E-state index in [9.17, 15) is 9.90 Å². The van der Waals surface area contributed by atoms with Gasteiger partial charge >= 0.3 is 0 Å². The average Bonchev–Trinajstić information content (AvgIpc) is 3.05. The molecule has 7 nitrogen and oxygen atoms in total. The number of hydrazone groups is 1. The molecule has 7 heteroatoms. The fraction of sp³-hybridized carbons (Fsp3) is 0.176. The average molecular weight is 328 g/mol. The minimum Gasteiger partial charge on any atom is -0.504 e. The van der Waals surface area contributed by atoms with E-state index in [0.29, 0.717) is 35.0 Å². The summed E-state index contributed by atoms with van der Waals surface area (Å²) < 4.78 is 15.7. The van der Waals surface area contributed by atoms with Crippen molar-refractivity contribution in [2.45, 2.75) is 6.92 Å². The first-order valence-corrected chi connectivity index (χ1v) is 7.36. The first-order chi connectivity index (χ1) is 11.7. The maximum atomic E-state index is 12.1. The zero-order valence-electron chi connectivity index (χ0n) is 13.0. The van der Waals surface area contributed by atoms with Crippen LogP contribution in [0.2, 0.25) is 0 Å². The fourth-order valence-corrected chi connectivity index (χ4v) is 2.15. The second kappa shape index (κ2) is 6.91. The van der Waals surface area contributed by atoms with Crippen LogP contribution in [-0.2, 0) is 0 Å². The van der Waals surface area contributed by atoms with E-state index in [1.807, 2.05) is 6.92 Å². The molecule has 0 atom stereocenters. The minimum atomic E-state index is -0.367. The Morgan fingerprint density at radius 1 is 1.29 bits per heavy atom. The molecule has 0 fully saturated rings. The highest BCUT2D eigenvalue weighted by Gasteiger charge is 2.15. The summed E-state index contributed by atoms with van der Waals surface area (Å²) >= 11 is 0. The molecule has 1 aliphatic rings. The Morgan fingerprint density at radius 2 is 2.12 bits per heavy atom. The van der Waals surface area contributed by atoms with Crippen molar-refractivity contribution in [1.29, 1.82) is 0 Å². The number of benzene rings is 2. The molecular formula is C17H16N2O5. The number of rotatable bonds is 5. The number of phenols is 1. The van der Waals surface area contributed by atoms with Gasteiger partial charge in [-0.1, -0.05) is 0 Å². The predicted molar refractivity (Wildman–Crippen MR) is 86.9 cm³/mol. The van der Waals surface area contributed by atoms with Crippen molar-refractivity contribution in [3.05, 3.63) is 47.5 Å².